The van der Waals surface area contributed by atoms with Crippen molar-refractivity contribution in [1.82, 2.24) is 13.4 Å². The molecule has 3 aromatic rings. The molecule has 0 aliphatic carbocycles. The molecule has 0 radical (unpaired) electrons. The molecule has 0 N–H and O–H groups in total. The topological polar surface area (TPSA) is 81.4 Å². The molecule has 8 heteroatoms. The molecule has 0 saturated heterocycles. The van der Waals surface area contributed by atoms with Gasteiger partial charge in [-0.25, -0.2) is 17.5 Å². The van der Waals surface area contributed by atoms with Crippen molar-refractivity contribution in [3.63, 3.8) is 0 Å². The number of carbonyl (C=O) groups is 1. The summed E-state index contributed by atoms with van der Waals surface area (Å²) in [6.45, 7) is 3.28. The van der Waals surface area contributed by atoms with Gasteiger partial charge in [0, 0.05) is 20.0 Å². The summed E-state index contributed by atoms with van der Waals surface area (Å²) < 4.78 is 30.4. The fourth-order valence-corrected chi connectivity index (χ4v) is 4.61. The average molecular weight is 401 g/mol. The Bertz CT molecular complexity index is 1190. The fourth-order valence-electron chi connectivity index (χ4n) is 3.09. The third-order valence-corrected chi connectivity index (χ3v) is 6.48. The van der Waals surface area contributed by atoms with Gasteiger partial charge >= 0.3 is 5.69 Å². The lowest BCUT2D eigenvalue weighted by Crippen LogP contribution is -2.38. The van der Waals surface area contributed by atoms with Gasteiger partial charge in [0.1, 0.15) is 0 Å². The monoisotopic (exact) mass is 401 g/mol. The van der Waals surface area contributed by atoms with Crippen molar-refractivity contribution in [3.8, 4) is 0 Å². The minimum absolute atomic E-state index is 0.0221. The molecular formula is C20H23N3O4S. The number of imidazole rings is 1. The number of sulfonamides is 1. The molecule has 148 valence electrons. The number of rotatable bonds is 5. The number of benzene rings is 2. The molecule has 2 aromatic carbocycles. The van der Waals surface area contributed by atoms with Crippen molar-refractivity contribution in [2.24, 2.45) is 20.0 Å². The van der Waals surface area contributed by atoms with Crippen LogP contribution in [0.5, 0.6) is 0 Å². The molecule has 0 aliphatic heterocycles. The number of aryl methyl sites for hydroxylation is 2. The molecule has 0 aliphatic rings. The number of aromatic nitrogens is 2. The fraction of sp³-hybridized carbons (Fsp3) is 0.300. The van der Waals surface area contributed by atoms with Crippen LogP contribution in [0, 0.1) is 5.92 Å². The molecule has 1 amide bonds. The molecule has 1 heterocycles. The Balaban J connectivity index is 2.13. The maximum Gasteiger partial charge on any atom is 0.328 e. The Morgan fingerprint density at radius 2 is 1.61 bits per heavy atom. The lowest BCUT2D eigenvalue weighted by molar-refractivity contribution is -0.130. The quantitative estimate of drug-likeness (QED) is 0.657. The van der Waals surface area contributed by atoms with E-state index in [0.717, 1.165) is 4.31 Å². The summed E-state index contributed by atoms with van der Waals surface area (Å²) in [6, 6.07) is 13.4. The molecule has 0 saturated carbocycles. The summed E-state index contributed by atoms with van der Waals surface area (Å²) in [7, 11) is -0.883. The number of amides is 1. The van der Waals surface area contributed by atoms with Crippen molar-refractivity contribution < 1.29 is 13.2 Å². The molecular weight excluding hydrogens is 378 g/mol. The Kier molecular flexibility index (Phi) is 5.16. The van der Waals surface area contributed by atoms with Gasteiger partial charge in [0.05, 0.1) is 22.5 Å². The van der Waals surface area contributed by atoms with Crippen LogP contribution in [0.1, 0.15) is 19.4 Å². The maximum absolute atomic E-state index is 13.3. The zero-order chi connectivity index (χ0) is 20.6. The smallest absolute Gasteiger partial charge is 0.295 e. The highest BCUT2D eigenvalue weighted by molar-refractivity contribution is 7.89. The van der Waals surface area contributed by atoms with Gasteiger partial charge in [-0.2, -0.15) is 0 Å². The first-order valence-corrected chi connectivity index (χ1v) is 10.3. The molecule has 7 nitrogen and oxygen atoms in total. The standard InChI is InChI=1S/C20H23N3O4S/c1-14(2)19(24)23(13-15-8-6-5-7-9-15)28(26,27)16-10-11-17-18(12-16)22(4)20(25)21(17)3/h5-12,14H,13H2,1-4H3. The van der Waals surface area contributed by atoms with Crippen molar-refractivity contribution in [3.05, 3.63) is 64.6 Å². The van der Waals surface area contributed by atoms with E-state index in [0.29, 0.717) is 16.6 Å². The lowest BCUT2D eigenvalue weighted by Gasteiger charge is -2.24. The van der Waals surface area contributed by atoms with Gasteiger partial charge < -0.3 is 0 Å². The molecule has 0 fully saturated rings. The molecule has 1 aromatic heterocycles. The van der Waals surface area contributed by atoms with Gasteiger partial charge in [-0.05, 0) is 23.8 Å². The normalized spacial score (nSPS) is 11.9. The van der Waals surface area contributed by atoms with Gasteiger partial charge in [0.15, 0.2) is 0 Å². The van der Waals surface area contributed by atoms with Crippen LogP contribution in [-0.2, 0) is 35.5 Å². The molecule has 28 heavy (non-hydrogen) atoms. The SMILES string of the molecule is CC(C)C(=O)N(Cc1ccccc1)S(=O)(=O)c1ccc2c(c1)n(C)c(=O)n2C. The third-order valence-electron chi connectivity index (χ3n) is 4.74. The van der Waals surface area contributed by atoms with E-state index in [9.17, 15) is 18.0 Å². The van der Waals surface area contributed by atoms with Crippen molar-refractivity contribution in [2.45, 2.75) is 25.3 Å². The molecule has 0 bridgehead atoms. The van der Waals surface area contributed by atoms with Gasteiger partial charge in [-0.3, -0.25) is 13.9 Å². The number of nitrogens with zero attached hydrogens (tertiary/aromatic N) is 3. The van der Waals surface area contributed by atoms with Crippen LogP contribution in [0.15, 0.2) is 58.2 Å². The summed E-state index contributed by atoms with van der Waals surface area (Å²) in [4.78, 5) is 24.9. The largest absolute Gasteiger partial charge is 0.328 e. The predicted octanol–water partition coefficient (Wildman–Crippen LogP) is 2.25. The van der Waals surface area contributed by atoms with Gasteiger partial charge in [0.2, 0.25) is 5.91 Å². The zero-order valence-electron chi connectivity index (χ0n) is 16.3. The first-order chi connectivity index (χ1) is 13.1. The van der Waals surface area contributed by atoms with Crippen LogP contribution in [-0.4, -0.2) is 27.8 Å². The number of hydrogen-bond acceptors (Lipinski definition) is 4. The van der Waals surface area contributed by atoms with Crippen LogP contribution in [0.25, 0.3) is 11.0 Å². The minimum Gasteiger partial charge on any atom is -0.295 e. The molecule has 3 rings (SSSR count). The van der Waals surface area contributed by atoms with Crippen LogP contribution in [0.3, 0.4) is 0 Å². The summed E-state index contributed by atoms with van der Waals surface area (Å²) in [5.41, 5.74) is 1.58. The van der Waals surface area contributed by atoms with E-state index in [4.69, 9.17) is 0 Å². The summed E-state index contributed by atoms with van der Waals surface area (Å²) in [5.74, 6) is -0.964. The Morgan fingerprint density at radius 3 is 2.21 bits per heavy atom. The molecule has 0 unspecified atom stereocenters. The minimum atomic E-state index is -4.10. The zero-order valence-corrected chi connectivity index (χ0v) is 17.1. The highest BCUT2D eigenvalue weighted by atomic mass is 32.2. The Labute approximate surface area is 163 Å². The summed E-state index contributed by atoms with van der Waals surface area (Å²) >= 11 is 0. The van der Waals surface area contributed by atoms with Crippen LogP contribution < -0.4 is 5.69 Å². The van der Waals surface area contributed by atoms with E-state index in [1.807, 2.05) is 6.07 Å². The number of hydrogen-bond donors (Lipinski definition) is 0. The van der Waals surface area contributed by atoms with Crippen molar-refractivity contribution in [2.75, 3.05) is 0 Å². The van der Waals surface area contributed by atoms with E-state index in [-0.39, 0.29) is 17.1 Å². The first kappa shape index (κ1) is 19.9. The van der Waals surface area contributed by atoms with E-state index in [1.54, 1.807) is 58.3 Å². The summed E-state index contributed by atoms with van der Waals surface area (Å²) in [5, 5.41) is 0. The average Bonchev–Trinajstić information content (AvgIpc) is 2.90. The van der Waals surface area contributed by atoms with Crippen LogP contribution >= 0.6 is 0 Å². The number of carbonyl (C=O) groups excluding carboxylic acids is 1. The Morgan fingerprint density at radius 1 is 1.00 bits per heavy atom. The van der Waals surface area contributed by atoms with E-state index in [1.165, 1.54) is 21.3 Å². The predicted molar refractivity (Wildman–Crippen MR) is 107 cm³/mol. The lowest BCUT2D eigenvalue weighted by atomic mass is 10.2. The second kappa shape index (κ2) is 7.27. The second-order valence-electron chi connectivity index (χ2n) is 7.04. The second-order valence-corrected chi connectivity index (χ2v) is 8.90. The van der Waals surface area contributed by atoms with Crippen molar-refractivity contribution >= 4 is 27.0 Å². The van der Waals surface area contributed by atoms with E-state index < -0.39 is 21.8 Å². The molecule has 0 atom stereocenters. The highest BCUT2D eigenvalue weighted by Crippen LogP contribution is 2.24. The third kappa shape index (κ3) is 3.35. The van der Waals surface area contributed by atoms with Crippen LogP contribution in [0.2, 0.25) is 0 Å². The van der Waals surface area contributed by atoms with Gasteiger partial charge in [-0.15, -0.1) is 0 Å². The maximum atomic E-state index is 13.3. The highest BCUT2D eigenvalue weighted by Gasteiger charge is 2.31. The first-order valence-electron chi connectivity index (χ1n) is 8.90. The van der Waals surface area contributed by atoms with E-state index in [2.05, 4.69) is 0 Å². The number of fused-ring (bicyclic) bond motifs is 1. The molecule has 0 spiro atoms. The van der Waals surface area contributed by atoms with Gasteiger partial charge in [0.25, 0.3) is 10.0 Å². The van der Waals surface area contributed by atoms with Gasteiger partial charge in [-0.1, -0.05) is 44.2 Å². The van der Waals surface area contributed by atoms with E-state index >= 15 is 0 Å². The van der Waals surface area contributed by atoms with Crippen LogP contribution in [0.4, 0.5) is 0 Å². The Hall–Kier alpha value is -2.87. The van der Waals surface area contributed by atoms with Crippen molar-refractivity contribution in [1.29, 1.82) is 0 Å². The summed E-state index contributed by atoms with van der Waals surface area (Å²) in [6.07, 6.45) is 0.